The van der Waals surface area contributed by atoms with Gasteiger partial charge in [-0.05, 0) is 53.2 Å². The molecule has 4 heteroatoms. The molecule has 0 aliphatic heterocycles. The Labute approximate surface area is 121 Å². The van der Waals surface area contributed by atoms with Gasteiger partial charge in [0.1, 0.15) is 11.5 Å². The molecule has 1 N–H and O–H groups in total. The van der Waals surface area contributed by atoms with Crippen LogP contribution in [-0.2, 0) is 6.42 Å². The first-order chi connectivity index (χ1) is 8.65. The molecule has 2 aromatic heterocycles. The van der Waals surface area contributed by atoms with E-state index in [2.05, 4.69) is 60.2 Å². The maximum Gasteiger partial charge on any atom is 0.125 e. The standard InChI is InChI=1S/C14H18BrNOS/c1-4-10-6-7-12(17-10)14(16-5-2)11-8-13(15)18-9(11)3/h6-8,14,16H,4-5H2,1-3H3. The molecule has 18 heavy (non-hydrogen) atoms. The van der Waals surface area contributed by atoms with E-state index in [0.29, 0.717) is 0 Å². The van der Waals surface area contributed by atoms with Crippen molar-refractivity contribution in [3.8, 4) is 0 Å². The van der Waals surface area contributed by atoms with Crippen LogP contribution in [0.15, 0.2) is 26.4 Å². The summed E-state index contributed by atoms with van der Waals surface area (Å²) in [5, 5.41) is 3.50. The Morgan fingerprint density at radius 3 is 2.67 bits per heavy atom. The summed E-state index contributed by atoms with van der Waals surface area (Å²) in [6.45, 7) is 7.29. The van der Waals surface area contributed by atoms with Crippen molar-refractivity contribution in [2.45, 2.75) is 33.2 Å². The van der Waals surface area contributed by atoms with Gasteiger partial charge >= 0.3 is 0 Å². The fourth-order valence-electron chi connectivity index (χ4n) is 2.05. The normalized spacial score (nSPS) is 12.9. The van der Waals surface area contributed by atoms with Gasteiger partial charge in [0.05, 0.1) is 9.83 Å². The highest BCUT2D eigenvalue weighted by Gasteiger charge is 2.20. The molecule has 0 bridgehead atoms. The molecule has 0 fully saturated rings. The summed E-state index contributed by atoms with van der Waals surface area (Å²) >= 11 is 5.32. The largest absolute Gasteiger partial charge is 0.464 e. The van der Waals surface area contributed by atoms with Gasteiger partial charge in [0.2, 0.25) is 0 Å². The molecule has 2 nitrogen and oxygen atoms in total. The molecule has 0 amide bonds. The number of hydrogen-bond donors (Lipinski definition) is 1. The molecule has 0 aromatic carbocycles. The molecule has 0 saturated carbocycles. The molecule has 0 aliphatic carbocycles. The third kappa shape index (κ3) is 2.87. The summed E-state index contributed by atoms with van der Waals surface area (Å²) in [4.78, 5) is 1.32. The summed E-state index contributed by atoms with van der Waals surface area (Å²) in [6, 6.07) is 6.48. The molecular formula is C14H18BrNOS. The van der Waals surface area contributed by atoms with Crippen LogP contribution in [0.3, 0.4) is 0 Å². The van der Waals surface area contributed by atoms with Crippen LogP contribution < -0.4 is 5.32 Å². The highest BCUT2D eigenvalue weighted by atomic mass is 79.9. The second kappa shape index (κ2) is 6.04. The topological polar surface area (TPSA) is 25.2 Å². The van der Waals surface area contributed by atoms with E-state index in [1.165, 1.54) is 14.2 Å². The van der Waals surface area contributed by atoms with Crippen LogP contribution in [-0.4, -0.2) is 6.54 Å². The lowest BCUT2D eigenvalue weighted by Crippen LogP contribution is -2.21. The van der Waals surface area contributed by atoms with E-state index in [-0.39, 0.29) is 6.04 Å². The van der Waals surface area contributed by atoms with E-state index in [4.69, 9.17) is 4.42 Å². The molecule has 98 valence electrons. The molecular weight excluding hydrogens is 310 g/mol. The molecule has 0 radical (unpaired) electrons. The van der Waals surface area contributed by atoms with Gasteiger partial charge in [-0.15, -0.1) is 11.3 Å². The lowest BCUT2D eigenvalue weighted by molar-refractivity contribution is 0.425. The third-order valence-electron chi connectivity index (χ3n) is 2.96. The van der Waals surface area contributed by atoms with E-state index < -0.39 is 0 Å². The van der Waals surface area contributed by atoms with Crippen molar-refractivity contribution >= 4 is 27.3 Å². The van der Waals surface area contributed by atoms with Crippen LogP contribution in [0, 0.1) is 6.92 Å². The molecule has 1 atom stereocenters. The average Bonchev–Trinajstić information content (AvgIpc) is 2.93. The Hall–Kier alpha value is -0.580. The summed E-state index contributed by atoms with van der Waals surface area (Å²) in [5.41, 5.74) is 1.30. The second-order valence-electron chi connectivity index (χ2n) is 4.21. The first-order valence-electron chi connectivity index (χ1n) is 6.23. The summed E-state index contributed by atoms with van der Waals surface area (Å²) in [5.74, 6) is 2.04. The predicted octanol–water partition coefficient (Wildman–Crippen LogP) is 4.67. The van der Waals surface area contributed by atoms with Crippen LogP contribution in [0.5, 0.6) is 0 Å². The fourth-order valence-corrected chi connectivity index (χ4v) is 3.80. The van der Waals surface area contributed by atoms with Crippen molar-refractivity contribution in [3.63, 3.8) is 0 Å². The zero-order valence-electron chi connectivity index (χ0n) is 10.9. The van der Waals surface area contributed by atoms with Gasteiger partial charge in [0.15, 0.2) is 0 Å². The van der Waals surface area contributed by atoms with Crippen molar-refractivity contribution in [3.05, 3.63) is 43.9 Å². The molecule has 1 unspecified atom stereocenters. The summed E-state index contributed by atoms with van der Waals surface area (Å²) in [7, 11) is 0. The second-order valence-corrected chi connectivity index (χ2v) is 6.85. The van der Waals surface area contributed by atoms with Gasteiger partial charge in [0, 0.05) is 11.3 Å². The van der Waals surface area contributed by atoms with Gasteiger partial charge in [-0.2, -0.15) is 0 Å². The first-order valence-corrected chi connectivity index (χ1v) is 7.84. The zero-order valence-corrected chi connectivity index (χ0v) is 13.3. The Morgan fingerprint density at radius 2 is 2.17 bits per heavy atom. The number of furan rings is 1. The molecule has 0 aliphatic rings. The van der Waals surface area contributed by atoms with Crippen molar-refractivity contribution < 1.29 is 4.42 Å². The monoisotopic (exact) mass is 327 g/mol. The van der Waals surface area contributed by atoms with E-state index >= 15 is 0 Å². The number of nitrogens with one attached hydrogen (secondary N) is 1. The number of hydrogen-bond acceptors (Lipinski definition) is 3. The third-order valence-corrected chi connectivity index (χ3v) is 4.53. The SMILES string of the molecule is CCNC(c1ccc(CC)o1)c1cc(Br)sc1C. The summed E-state index contributed by atoms with van der Waals surface area (Å²) in [6.07, 6.45) is 0.936. The van der Waals surface area contributed by atoms with Crippen molar-refractivity contribution in [2.75, 3.05) is 6.54 Å². The smallest absolute Gasteiger partial charge is 0.125 e. The van der Waals surface area contributed by atoms with Crippen molar-refractivity contribution in [1.29, 1.82) is 0 Å². The minimum absolute atomic E-state index is 0.151. The lowest BCUT2D eigenvalue weighted by Gasteiger charge is -2.15. The highest BCUT2D eigenvalue weighted by molar-refractivity contribution is 9.11. The number of rotatable bonds is 5. The number of aryl methyl sites for hydroxylation is 2. The maximum atomic E-state index is 5.89. The first kappa shape index (κ1) is 13.8. The van der Waals surface area contributed by atoms with Crippen molar-refractivity contribution in [2.24, 2.45) is 0 Å². The van der Waals surface area contributed by atoms with Gasteiger partial charge in [-0.1, -0.05) is 13.8 Å². The van der Waals surface area contributed by atoms with Gasteiger partial charge in [0.25, 0.3) is 0 Å². The Kier molecular flexibility index (Phi) is 4.65. The van der Waals surface area contributed by atoms with Crippen LogP contribution >= 0.6 is 27.3 Å². The predicted molar refractivity (Wildman–Crippen MR) is 80.4 cm³/mol. The fraction of sp³-hybridized carbons (Fsp3) is 0.429. The van der Waals surface area contributed by atoms with Gasteiger partial charge in [-0.25, -0.2) is 0 Å². The Morgan fingerprint density at radius 1 is 1.39 bits per heavy atom. The molecule has 2 heterocycles. The molecule has 2 aromatic rings. The van der Waals surface area contributed by atoms with E-state index in [1.54, 1.807) is 11.3 Å². The molecule has 0 spiro atoms. The highest BCUT2D eigenvalue weighted by Crippen LogP contribution is 2.34. The van der Waals surface area contributed by atoms with Crippen molar-refractivity contribution in [1.82, 2.24) is 5.32 Å². The zero-order chi connectivity index (χ0) is 13.1. The van der Waals surface area contributed by atoms with E-state index in [9.17, 15) is 0 Å². The van der Waals surface area contributed by atoms with Crippen LogP contribution in [0.2, 0.25) is 0 Å². The minimum Gasteiger partial charge on any atom is -0.464 e. The quantitative estimate of drug-likeness (QED) is 0.862. The lowest BCUT2D eigenvalue weighted by atomic mass is 10.1. The molecule has 2 rings (SSSR count). The Balaban J connectivity index is 2.36. The van der Waals surface area contributed by atoms with Crippen LogP contribution in [0.25, 0.3) is 0 Å². The molecule has 0 saturated heterocycles. The van der Waals surface area contributed by atoms with Crippen LogP contribution in [0.1, 0.15) is 41.9 Å². The van der Waals surface area contributed by atoms with Gasteiger partial charge < -0.3 is 9.73 Å². The van der Waals surface area contributed by atoms with Gasteiger partial charge in [-0.3, -0.25) is 0 Å². The number of thiophene rings is 1. The number of halogens is 1. The summed E-state index contributed by atoms with van der Waals surface area (Å²) < 4.78 is 7.06. The minimum atomic E-state index is 0.151. The average molecular weight is 328 g/mol. The van der Waals surface area contributed by atoms with E-state index in [0.717, 1.165) is 24.5 Å². The van der Waals surface area contributed by atoms with Crippen LogP contribution in [0.4, 0.5) is 0 Å². The van der Waals surface area contributed by atoms with E-state index in [1.807, 2.05) is 0 Å². The maximum absolute atomic E-state index is 5.89. The Bertz CT molecular complexity index is 518.